The molecule has 0 spiro atoms. The summed E-state index contributed by atoms with van der Waals surface area (Å²) in [7, 11) is 0. The van der Waals surface area contributed by atoms with E-state index in [0.717, 1.165) is 35.7 Å². The topological polar surface area (TPSA) is 66.8 Å². The van der Waals surface area contributed by atoms with Crippen LogP contribution in [0.3, 0.4) is 0 Å². The second kappa shape index (κ2) is 9.25. The number of hydrogen-bond acceptors (Lipinski definition) is 3. The number of piperidine rings is 1. The Kier molecular flexibility index (Phi) is 5.92. The van der Waals surface area contributed by atoms with E-state index in [9.17, 15) is 9.59 Å². The minimum absolute atomic E-state index is 0.0576. The molecule has 6 heteroatoms. The van der Waals surface area contributed by atoms with Gasteiger partial charge in [-0.05, 0) is 65.6 Å². The Morgan fingerprint density at radius 1 is 0.833 bits per heavy atom. The van der Waals surface area contributed by atoms with Crippen LogP contribution in [0.4, 0.5) is 4.79 Å². The van der Waals surface area contributed by atoms with Gasteiger partial charge in [-0.25, -0.2) is 9.59 Å². The van der Waals surface area contributed by atoms with Gasteiger partial charge >= 0.3 is 12.1 Å². The van der Waals surface area contributed by atoms with E-state index in [1.54, 1.807) is 12.1 Å². The molecule has 2 fully saturated rings. The summed E-state index contributed by atoms with van der Waals surface area (Å²) in [6.07, 6.45) is 3.31. The highest BCUT2D eigenvalue weighted by molar-refractivity contribution is 9.15. The Bertz CT molecular complexity index is 1320. The predicted octanol–water partition coefficient (Wildman–Crippen LogP) is 7.07. The number of nitrogens with zero attached hydrogens (tertiary/aromatic N) is 1. The van der Waals surface area contributed by atoms with Gasteiger partial charge < -0.3 is 14.7 Å². The first-order chi connectivity index (χ1) is 17.5. The lowest BCUT2D eigenvalue weighted by Crippen LogP contribution is -2.45. The van der Waals surface area contributed by atoms with Crippen molar-refractivity contribution in [2.24, 2.45) is 0 Å². The number of carboxylic acids is 1. The highest BCUT2D eigenvalue weighted by Crippen LogP contribution is 2.46. The summed E-state index contributed by atoms with van der Waals surface area (Å²) >= 11 is 3.75. The number of aromatic carboxylic acids is 1. The molecule has 2 aliphatic heterocycles. The van der Waals surface area contributed by atoms with Gasteiger partial charge in [0, 0.05) is 22.5 Å². The lowest BCUT2D eigenvalue weighted by Gasteiger charge is -2.36. The first-order valence-corrected chi connectivity index (χ1v) is 13.1. The zero-order valence-corrected chi connectivity index (χ0v) is 21.3. The third-order valence-electron chi connectivity index (χ3n) is 7.83. The van der Waals surface area contributed by atoms with E-state index >= 15 is 0 Å². The smallest absolute Gasteiger partial charge is 0.410 e. The highest BCUT2D eigenvalue weighted by Gasteiger charge is 2.43. The van der Waals surface area contributed by atoms with Crippen LogP contribution >= 0.6 is 15.9 Å². The molecule has 2 heterocycles. The quantitative estimate of drug-likeness (QED) is 0.382. The minimum atomic E-state index is -0.931. The van der Waals surface area contributed by atoms with E-state index in [-0.39, 0.29) is 29.7 Å². The summed E-state index contributed by atoms with van der Waals surface area (Å²) in [6, 6.07) is 23.9. The van der Waals surface area contributed by atoms with E-state index in [1.807, 2.05) is 29.2 Å². The van der Waals surface area contributed by atoms with Crippen LogP contribution in [0.25, 0.3) is 15.6 Å². The molecule has 6 rings (SSSR count). The first kappa shape index (κ1) is 23.0. The molecule has 1 amide bonds. The standard InChI is InChI=1S/C30H26BrNO4/c31-28(18-9-11-19(12-10-18)29(33)34)20-15-21-13-14-22(16-20)32(21)30(35)36-17-27-25-7-3-1-5-23(25)24-6-2-4-8-26(24)27/h1-12,21-22,27H,13-17H2,(H,33,34). The summed E-state index contributed by atoms with van der Waals surface area (Å²) in [4.78, 5) is 26.4. The van der Waals surface area contributed by atoms with Crippen molar-refractivity contribution >= 4 is 32.5 Å². The molecule has 0 radical (unpaired) electrons. The van der Waals surface area contributed by atoms with Crippen LogP contribution in [-0.4, -0.2) is 40.8 Å². The zero-order chi connectivity index (χ0) is 24.8. The number of carboxylic acid groups (broad SMARTS) is 1. The van der Waals surface area contributed by atoms with E-state index < -0.39 is 5.97 Å². The van der Waals surface area contributed by atoms with E-state index in [2.05, 4.69) is 52.3 Å². The summed E-state index contributed by atoms with van der Waals surface area (Å²) < 4.78 is 6.98. The summed E-state index contributed by atoms with van der Waals surface area (Å²) in [5.74, 6) is -0.873. The number of benzene rings is 3. The van der Waals surface area contributed by atoms with Gasteiger partial charge in [-0.2, -0.15) is 0 Å². The summed E-state index contributed by atoms with van der Waals surface area (Å²) in [5.41, 5.74) is 7.39. The maximum Gasteiger partial charge on any atom is 0.410 e. The molecule has 2 saturated heterocycles. The van der Waals surface area contributed by atoms with Gasteiger partial charge in [0.15, 0.2) is 0 Å². The molecular weight excluding hydrogens is 518 g/mol. The normalized spacial score (nSPS) is 20.1. The van der Waals surface area contributed by atoms with Gasteiger partial charge in [0.2, 0.25) is 0 Å². The minimum Gasteiger partial charge on any atom is -0.478 e. The third kappa shape index (κ3) is 3.94. The average molecular weight is 544 g/mol. The van der Waals surface area contributed by atoms with Crippen LogP contribution in [0, 0.1) is 0 Å². The Labute approximate surface area is 218 Å². The van der Waals surface area contributed by atoms with Gasteiger partial charge in [0.1, 0.15) is 6.61 Å². The molecule has 3 aliphatic rings. The van der Waals surface area contributed by atoms with Crippen molar-refractivity contribution < 1.29 is 19.4 Å². The second-order valence-corrected chi connectivity index (χ2v) is 10.6. The lowest BCUT2D eigenvalue weighted by atomic mass is 9.95. The van der Waals surface area contributed by atoms with Crippen molar-refractivity contribution in [3.05, 3.63) is 101 Å². The fraction of sp³-hybridized carbons (Fsp3) is 0.267. The van der Waals surface area contributed by atoms with Crippen LogP contribution in [0.1, 0.15) is 58.6 Å². The molecule has 2 atom stereocenters. The first-order valence-electron chi connectivity index (χ1n) is 12.4. The molecule has 5 nitrogen and oxygen atoms in total. The molecule has 1 N–H and O–H groups in total. The molecule has 182 valence electrons. The Morgan fingerprint density at radius 2 is 1.36 bits per heavy atom. The Balaban J connectivity index is 1.16. The Hall–Kier alpha value is -3.38. The maximum atomic E-state index is 13.3. The molecule has 2 bridgehead atoms. The molecule has 0 aromatic heterocycles. The van der Waals surface area contributed by atoms with Crippen LogP contribution in [0.2, 0.25) is 0 Å². The number of fused-ring (bicyclic) bond motifs is 5. The molecule has 3 aromatic rings. The molecular formula is C30H26BrNO4. The maximum absolute atomic E-state index is 13.3. The number of carbonyl (C=O) groups is 2. The van der Waals surface area contributed by atoms with Gasteiger partial charge in [-0.3, -0.25) is 0 Å². The molecule has 0 saturated carbocycles. The number of hydrogen-bond donors (Lipinski definition) is 1. The van der Waals surface area contributed by atoms with Gasteiger partial charge in [-0.15, -0.1) is 0 Å². The lowest BCUT2D eigenvalue weighted by molar-refractivity contribution is 0.0695. The molecule has 36 heavy (non-hydrogen) atoms. The van der Waals surface area contributed by atoms with Crippen LogP contribution in [0.5, 0.6) is 0 Å². The average Bonchev–Trinajstić information content (AvgIpc) is 3.37. The number of ether oxygens (including phenoxy) is 1. The van der Waals surface area contributed by atoms with Crippen molar-refractivity contribution in [2.75, 3.05) is 6.61 Å². The molecule has 2 unspecified atom stereocenters. The molecule has 1 aliphatic carbocycles. The number of amides is 1. The van der Waals surface area contributed by atoms with E-state index in [1.165, 1.54) is 27.8 Å². The SMILES string of the molecule is O=C(O)c1ccc(C(Br)=C2CC3CCC(C2)N3C(=O)OCC2c3ccccc3-c3ccccc32)cc1. The highest BCUT2D eigenvalue weighted by atomic mass is 79.9. The van der Waals surface area contributed by atoms with Crippen LogP contribution in [0.15, 0.2) is 78.4 Å². The van der Waals surface area contributed by atoms with Crippen LogP contribution < -0.4 is 0 Å². The van der Waals surface area contributed by atoms with Crippen molar-refractivity contribution in [3.63, 3.8) is 0 Å². The third-order valence-corrected chi connectivity index (χ3v) is 8.85. The predicted molar refractivity (Wildman–Crippen MR) is 142 cm³/mol. The number of halogens is 1. The van der Waals surface area contributed by atoms with Gasteiger partial charge in [-0.1, -0.05) is 82.2 Å². The van der Waals surface area contributed by atoms with E-state index in [4.69, 9.17) is 9.84 Å². The largest absolute Gasteiger partial charge is 0.478 e. The molecule has 3 aromatic carbocycles. The fourth-order valence-electron chi connectivity index (χ4n) is 6.12. The second-order valence-electron chi connectivity index (χ2n) is 9.80. The van der Waals surface area contributed by atoms with Gasteiger partial charge in [0.25, 0.3) is 0 Å². The van der Waals surface area contributed by atoms with E-state index in [0.29, 0.717) is 6.61 Å². The zero-order valence-electron chi connectivity index (χ0n) is 19.7. The van der Waals surface area contributed by atoms with Crippen LogP contribution in [-0.2, 0) is 4.74 Å². The number of carbonyl (C=O) groups excluding carboxylic acids is 1. The van der Waals surface area contributed by atoms with Crippen molar-refractivity contribution in [2.45, 2.75) is 43.7 Å². The van der Waals surface area contributed by atoms with Crippen molar-refractivity contribution in [1.29, 1.82) is 0 Å². The summed E-state index contributed by atoms with van der Waals surface area (Å²) in [5, 5.41) is 9.16. The summed E-state index contributed by atoms with van der Waals surface area (Å²) in [6.45, 7) is 0.338. The van der Waals surface area contributed by atoms with Crippen molar-refractivity contribution in [3.8, 4) is 11.1 Å². The van der Waals surface area contributed by atoms with Gasteiger partial charge in [0.05, 0.1) is 5.56 Å². The monoisotopic (exact) mass is 543 g/mol. The Morgan fingerprint density at radius 3 is 1.92 bits per heavy atom. The fourth-order valence-corrected chi connectivity index (χ4v) is 6.71. The number of rotatable bonds is 4. The van der Waals surface area contributed by atoms with Crippen molar-refractivity contribution in [1.82, 2.24) is 4.90 Å².